The Hall–Kier alpha value is -1.61. The summed E-state index contributed by atoms with van der Waals surface area (Å²) in [5.41, 5.74) is 9.42. The van der Waals surface area contributed by atoms with Crippen LogP contribution < -0.4 is 5.73 Å². The van der Waals surface area contributed by atoms with Gasteiger partial charge in [0.1, 0.15) is 5.82 Å². The minimum absolute atomic E-state index is 0.0237. The van der Waals surface area contributed by atoms with E-state index in [9.17, 15) is 0 Å². The number of benzene rings is 1. The predicted octanol–water partition coefficient (Wildman–Crippen LogP) is 2.52. The van der Waals surface area contributed by atoms with Crippen LogP contribution in [-0.2, 0) is 12.8 Å². The summed E-state index contributed by atoms with van der Waals surface area (Å²) in [6.45, 7) is 4.06. The highest BCUT2D eigenvalue weighted by Crippen LogP contribution is 2.09. The van der Waals surface area contributed by atoms with Crippen molar-refractivity contribution in [2.45, 2.75) is 32.7 Å². The van der Waals surface area contributed by atoms with Crippen molar-refractivity contribution in [3.05, 3.63) is 53.1 Å². The van der Waals surface area contributed by atoms with Gasteiger partial charge in [0, 0.05) is 18.7 Å². The average Bonchev–Trinajstić information content (AvgIpc) is 2.77. The van der Waals surface area contributed by atoms with E-state index in [0.29, 0.717) is 0 Å². The number of hydrogen-bond donors (Lipinski definition) is 2. The summed E-state index contributed by atoms with van der Waals surface area (Å²) in [7, 11) is 0. The molecule has 0 bridgehead atoms. The number of aryl methyl sites for hydroxylation is 3. The van der Waals surface area contributed by atoms with Gasteiger partial charge >= 0.3 is 0 Å². The molecule has 0 saturated carbocycles. The number of nitrogens with zero attached hydrogens (tertiary/aromatic N) is 1. The zero-order valence-electron chi connectivity index (χ0n) is 10.4. The van der Waals surface area contributed by atoms with Crippen molar-refractivity contribution < 1.29 is 0 Å². The van der Waals surface area contributed by atoms with Gasteiger partial charge in [-0.05, 0) is 25.8 Å². The minimum atomic E-state index is 0.0237. The Kier molecular flexibility index (Phi) is 3.59. The Balaban J connectivity index is 1.95. The van der Waals surface area contributed by atoms with Crippen molar-refractivity contribution in [1.82, 2.24) is 9.97 Å². The number of hydrogen-bond acceptors (Lipinski definition) is 2. The molecule has 0 aliphatic heterocycles. The largest absolute Gasteiger partial charge is 0.345 e. The smallest absolute Gasteiger partial charge is 0.106 e. The molecule has 90 valence electrons. The molecule has 17 heavy (non-hydrogen) atoms. The van der Waals surface area contributed by atoms with Gasteiger partial charge < -0.3 is 10.7 Å². The van der Waals surface area contributed by atoms with Crippen LogP contribution in [0.1, 0.15) is 35.6 Å². The maximum absolute atomic E-state index is 5.78. The van der Waals surface area contributed by atoms with Crippen LogP contribution in [0.15, 0.2) is 30.5 Å². The standard InChI is InChI=1S/C14H19N3/c1-10-3-5-12(6-4-10)7-8-14-16-9-13(17-14)11(2)15/h3-6,9,11H,7-8,15H2,1-2H3,(H,16,17). The number of aromatic amines is 1. The normalized spacial score (nSPS) is 12.6. The molecule has 3 heteroatoms. The molecule has 1 heterocycles. The summed E-state index contributed by atoms with van der Waals surface area (Å²) in [6.07, 6.45) is 3.76. The molecule has 0 aliphatic rings. The third-order valence-electron chi connectivity index (χ3n) is 2.91. The SMILES string of the molecule is Cc1ccc(CCc2ncc(C(C)N)[nH]2)cc1. The lowest BCUT2D eigenvalue weighted by atomic mass is 10.1. The van der Waals surface area contributed by atoms with Crippen LogP contribution in [0, 0.1) is 6.92 Å². The molecule has 0 saturated heterocycles. The van der Waals surface area contributed by atoms with Crippen LogP contribution in [0.5, 0.6) is 0 Å². The van der Waals surface area contributed by atoms with Crippen molar-refractivity contribution in [3.63, 3.8) is 0 Å². The third kappa shape index (κ3) is 3.17. The van der Waals surface area contributed by atoms with Gasteiger partial charge in [0.15, 0.2) is 0 Å². The summed E-state index contributed by atoms with van der Waals surface area (Å²) < 4.78 is 0. The number of rotatable bonds is 4. The van der Waals surface area contributed by atoms with Crippen LogP contribution in [-0.4, -0.2) is 9.97 Å². The van der Waals surface area contributed by atoms with Gasteiger partial charge in [-0.3, -0.25) is 0 Å². The van der Waals surface area contributed by atoms with Crippen LogP contribution in [0.25, 0.3) is 0 Å². The first-order chi connectivity index (χ1) is 8.15. The van der Waals surface area contributed by atoms with Gasteiger partial charge in [0.2, 0.25) is 0 Å². The van der Waals surface area contributed by atoms with Gasteiger partial charge in [-0.25, -0.2) is 4.98 Å². The Morgan fingerprint density at radius 2 is 1.94 bits per heavy atom. The predicted molar refractivity (Wildman–Crippen MR) is 69.8 cm³/mol. The van der Waals surface area contributed by atoms with Gasteiger partial charge in [0.25, 0.3) is 0 Å². The van der Waals surface area contributed by atoms with Crippen molar-refractivity contribution in [2.75, 3.05) is 0 Å². The Labute approximate surface area is 102 Å². The number of nitrogens with two attached hydrogens (primary N) is 1. The van der Waals surface area contributed by atoms with Crippen molar-refractivity contribution >= 4 is 0 Å². The fraction of sp³-hybridized carbons (Fsp3) is 0.357. The number of H-pyrrole nitrogens is 1. The van der Waals surface area contributed by atoms with Crippen LogP contribution >= 0.6 is 0 Å². The molecule has 2 rings (SSSR count). The highest BCUT2D eigenvalue weighted by molar-refractivity contribution is 5.22. The summed E-state index contributed by atoms with van der Waals surface area (Å²) >= 11 is 0. The zero-order chi connectivity index (χ0) is 12.3. The van der Waals surface area contributed by atoms with Gasteiger partial charge in [-0.1, -0.05) is 29.8 Å². The Bertz CT molecular complexity index is 468. The molecule has 3 N–H and O–H groups in total. The van der Waals surface area contributed by atoms with Gasteiger partial charge in [-0.2, -0.15) is 0 Å². The highest BCUT2D eigenvalue weighted by atomic mass is 14.9. The first-order valence-corrected chi connectivity index (χ1v) is 6.00. The molecule has 1 aromatic carbocycles. The topological polar surface area (TPSA) is 54.7 Å². The molecule has 1 unspecified atom stereocenters. The molecule has 1 aromatic heterocycles. The first-order valence-electron chi connectivity index (χ1n) is 6.00. The molecule has 0 aliphatic carbocycles. The summed E-state index contributed by atoms with van der Waals surface area (Å²) in [4.78, 5) is 7.59. The summed E-state index contributed by atoms with van der Waals surface area (Å²) in [6, 6.07) is 8.65. The first kappa shape index (κ1) is 11.9. The molecule has 0 spiro atoms. The molecule has 1 atom stereocenters. The molecular formula is C14H19N3. The van der Waals surface area contributed by atoms with E-state index < -0.39 is 0 Å². The fourth-order valence-corrected chi connectivity index (χ4v) is 1.75. The van der Waals surface area contributed by atoms with E-state index in [1.54, 1.807) is 0 Å². The molecular weight excluding hydrogens is 210 g/mol. The van der Waals surface area contributed by atoms with Gasteiger partial charge in [0.05, 0.1) is 5.69 Å². The molecule has 0 radical (unpaired) electrons. The minimum Gasteiger partial charge on any atom is -0.345 e. The highest BCUT2D eigenvalue weighted by Gasteiger charge is 2.04. The fourth-order valence-electron chi connectivity index (χ4n) is 1.75. The van der Waals surface area contributed by atoms with E-state index in [2.05, 4.69) is 41.2 Å². The van der Waals surface area contributed by atoms with E-state index >= 15 is 0 Å². The molecule has 0 fully saturated rings. The van der Waals surface area contributed by atoms with E-state index in [4.69, 9.17) is 5.73 Å². The van der Waals surface area contributed by atoms with Gasteiger partial charge in [-0.15, -0.1) is 0 Å². The number of nitrogens with one attached hydrogen (secondary N) is 1. The maximum Gasteiger partial charge on any atom is 0.106 e. The molecule has 2 aromatic rings. The Morgan fingerprint density at radius 3 is 2.53 bits per heavy atom. The van der Waals surface area contributed by atoms with Crippen LogP contribution in [0.2, 0.25) is 0 Å². The lowest BCUT2D eigenvalue weighted by Gasteiger charge is -2.01. The van der Waals surface area contributed by atoms with E-state index in [0.717, 1.165) is 24.4 Å². The number of imidazole rings is 1. The molecule has 0 amide bonds. The summed E-state index contributed by atoms with van der Waals surface area (Å²) in [5, 5.41) is 0. The van der Waals surface area contributed by atoms with Crippen molar-refractivity contribution in [1.29, 1.82) is 0 Å². The van der Waals surface area contributed by atoms with E-state index in [1.807, 2.05) is 13.1 Å². The second-order valence-corrected chi connectivity index (χ2v) is 4.56. The lowest BCUT2D eigenvalue weighted by molar-refractivity contribution is 0.778. The molecule has 3 nitrogen and oxygen atoms in total. The summed E-state index contributed by atoms with van der Waals surface area (Å²) in [5.74, 6) is 1.01. The quantitative estimate of drug-likeness (QED) is 0.846. The van der Waals surface area contributed by atoms with Crippen molar-refractivity contribution in [2.24, 2.45) is 5.73 Å². The lowest BCUT2D eigenvalue weighted by Crippen LogP contribution is -2.05. The van der Waals surface area contributed by atoms with Crippen LogP contribution in [0.4, 0.5) is 0 Å². The maximum atomic E-state index is 5.78. The van der Waals surface area contributed by atoms with Crippen LogP contribution in [0.3, 0.4) is 0 Å². The average molecular weight is 229 g/mol. The Morgan fingerprint density at radius 1 is 1.24 bits per heavy atom. The second kappa shape index (κ2) is 5.15. The second-order valence-electron chi connectivity index (χ2n) is 4.56. The third-order valence-corrected chi connectivity index (χ3v) is 2.91. The zero-order valence-corrected chi connectivity index (χ0v) is 10.4. The van der Waals surface area contributed by atoms with E-state index in [-0.39, 0.29) is 6.04 Å². The monoisotopic (exact) mass is 229 g/mol. The van der Waals surface area contributed by atoms with Crippen molar-refractivity contribution in [3.8, 4) is 0 Å². The number of aromatic nitrogens is 2. The van der Waals surface area contributed by atoms with E-state index in [1.165, 1.54) is 11.1 Å².